The van der Waals surface area contributed by atoms with Gasteiger partial charge in [-0.2, -0.15) is 0 Å². The fourth-order valence-electron chi connectivity index (χ4n) is 2.62. The number of hydrogen-bond donors (Lipinski definition) is 2. The molecule has 6 nitrogen and oxygen atoms in total. The predicted octanol–water partition coefficient (Wildman–Crippen LogP) is 1.71. The number of hydrogen-bond acceptors (Lipinski definition) is 5. The molecule has 0 bridgehead atoms. The maximum atomic E-state index is 12.4. The predicted molar refractivity (Wildman–Crippen MR) is 84.7 cm³/mol. The Kier molecular flexibility index (Phi) is 5.18. The van der Waals surface area contributed by atoms with Crippen molar-refractivity contribution in [2.24, 2.45) is 5.41 Å². The maximum absolute atomic E-state index is 12.4. The Morgan fingerprint density at radius 3 is 2.91 bits per heavy atom. The molecule has 1 aliphatic rings. The number of nitrogens with zero attached hydrogens (tertiary/aromatic N) is 1. The third kappa shape index (κ3) is 4.04. The lowest BCUT2D eigenvalue weighted by molar-refractivity contribution is -0.125. The van der Waals surface area contributed by atoms with E-state index >= 15 is 0 Å². The summed E-state index contributed by atoms with van der Waals surface area (Å²) >= 11 is 1.33. The Balaban J connectivity index is 2.06. The molecule has 2 rings (SSSR count). The third-order valence-electron chi connectivity index (χ3n) is 3.70. The summed E-state index contributed by atoms with van der Waals surface area (Å²) in [5.74, 6) is -0.0964. The van der Waals surface area contributed by atoms with Crippen molar-refractivity contribution in [1.82, 2.24) is 15.6 Å². The van der Waals surface area contributed by atoms with Crippen LogP contribution >= 0.6 is 11.3 Å². The molecule has 1 aromatic heterocycles. The van der Waals surface area contributed by atoms with Gasteiger partial charge in [-0.15, -0.1) is 11.3 Å². The van der Waals surface area contributed by atoms with Crippen LogP contribution < -0.4 is 10.6 Å². The molecule has 0 radical (unpaired) electrons. The molecule has 1 fully saturated rings. The van der Waals surface area contributed by atoms with Gasteiger partial charge in [0.1, 0.15) is 9.88 Å². The van der Waals surface area contributed by atoms with Crippen LogP contribution in [0.2, 0.25) is 0 Å². The van der Waals surface area contributed by atoms with Gasteiger partial charge in [0.25, 0.3) is 5.91 Å². The zero-order valence-electron chi connectivity index (χ0n) is 13.4. The van der Waals surface area contributed by atoms with Crippen molar-refractivity contribution in [1.29, 1.82) is 0 Å². The standard InChI is InChI=1S/C15H23N3O3S/c1-15(2,3)13-9(5-6-11(19)18-13)17-14(20)10-7-16-12(22-10)8-21-4/h7,9,13H,5-6,8H2,1-4H3,(H,17,20)(H,18,19)/t9-,13-/m1/s1. The normalized spacial score (nSPS) is 22.3. The highest BCUT2D eigenvalue weighted by molar-refractivity contribution is 7.13. The number of rotatable bonds is 4. The van der Waals surface area contributed by atoms with E-state index in [1.807, 2.05) is 0 Å². The second kappa shape index (κ2) is 6.75. The van der Waals surface area contributed by atoms with E-state index in [4.69, 9.17) is 4.74 Å². The molecule has 2 atom stereocenters. The van der Waals surface area contributed by atoms with Gasteiger partial charge < -0.3 is 15.4 Å². The molecule has 2 N–H and O–H groups in total. The van der Waals surface area contributed by atoms with Crippen molar-refractivity contribution in [3.63, 3.8) is 0 Å². The van der Waals surface area contributed by atoms with Crippen LogP contribution in [0.15, 0.2) is 6.20 Å². The second-order valence-corrected chi connectivity index (χ2v) is 7.70. The quantitative estimate of drug-likeness (QED) is 0.883. The van der Waals surface area contributed by atoms with Crippen molar-refractivity contribution < 1.29 is 14.3 Å². The fourth-order valence-corrected chi connectivity index (χ4v) is 3.41. The molecule has 0 saturated carbocycles. The molecule has 0 unspecified atom stereocenters. The number of amides is 2. The van der Waals surface area contributed by atoms with Crippen LogP contribution in [0.25, 0.3) is 0 Å². The van der Waals surface area contributed by atoms with Gasteiger partial charge in [-0.25, -0.2) is 4.98 Å². The number of carbonyl (C=O) groups is 2. The number of ether oxygens (including phenoxy) is 1. The molecule has 1 saturated heterocycles. The number of aromatic nitrogens is 1. The Morgan fingerprint density at radius 1 is 1.55 bits per heavy atom. The Labute approximate surface area is 134 Å². The SMILES string of the molecule is COCc1ncc(C(=O)N[C@@H]2CCC(=O)N[C@H]2C(C)(C)C)s1. The average molecular weight is 325 g/mol. The molecule has 0 aromatic carbocycles. The van der Waals surface area contributed by atoms with Crippen molar-refractivity contribution >= 4 is 23.2 Å². The van der Waals surface area contributed by atoms with Crippen molar-refractivity contribution in [2.75, 3.05) is 7.11 Å². The lowest BCUT2D eigenvalue weighted by Crippen LogP contribution is -2.60. The number of piperidine rings is 1. The molecule has 1 aromatic rings. The van der Waals surface area contributed by atoms with Crippen LogP contribution in [0, 0.1) is 5.41 Å². The van der Waals surface area contributed by atoms with Crippen LogP contribution in [0.5, 0.6) is 0 Å². The zero-order valence-corrected chi connectivity index (χ0v) is 14.3. The number of thiazole rings is 1. The fraction of sp³-hybridized carbons (Fsp3) is 0.667. The van der Waals surface area contributed by atoms with Crippen LogP contribution in [0.4, 0.5) is 0 Å². The van der Waals surface area contributed by atoms with Crippen molar-refractivity contribution in [3.05, 3.63) is 16.1 Å². The van der Waals surface area contributed by atoms with Gasteiger partial charge in [0.05, 0.1) is 24.9 Å². The molecule has 7 heteroatoms. The first-order valence-corrected chi connectivity index (χ1v) is 8.17. The van der Waals surface area contributed by atoms with E-state index in [0.717, 1.165) is 5.01 Å². The van der Waals surface area contributed by atoms with Crippen molar-refractivity contribution in [2.45, 2.75) is 52.3 Å². The summed E-state index contributed by atoms with van der Waals surface area (Å²) < 4.78 is 5.01. The van der Waals surface area contributed by atoms with E-state index in [1.54, 1.807) is 13.3 Å². The summed E-state index contributed by atoms with van der Waals surface area (Å²) in [5, 5.41) is 6.82. The monoisotopic (exact) mass is 325 g/mol. The van der Waals surface area contributed by atoms with Gasteiger partial charge in [-0.3, -0.25) is 9.59 Å². The van der Waals surface area contributed by atoms with Crippen LogP contribution in [0.3, 0.4) is 0 Å². The van der Waals surface area contributed by atoms with Gasteiger partial charge in [-0.1, -0.05) is 20.8 Å². The van der Waals surface area contributed by atoms with E-state index < -0.39 is 0 Å². The number of carbonyl (C=O) groups excluding carboxylic acids is 2. The maximum Gasteiger partial charge on any atom is 0.263 e. The summed E-state index contributed by atoms with van der Waals surface area (Å²) in [5.41, 5.74) is -0.122. The van der Waals surface area contributed by atoms with Gasteiger partial charge in [0.2, 0.25) is 5.91 Å². The largest absolute Gasteiger partial charge is 0.378 e. The third-order valence-corrected chi connectivity index (χ3v) is 4.67. The van der Waals surface area contributed by atoms with E-state index in [9.17, 15) is 9.59 Å². The Morgan fingerprint density at radius 2 is 2.27 bits per heavy atom. The highest BCUT2D eigenvalue weighted by atomic mass is 32.1. The minimum Gasteiger partial charge on any atom is -0.378 e. The Hall–Kier alpha value is -1.47. The number of methoxy groups -OCH3 is 1. The first-order chi connectivity index (χ1) is 10.3. The van der Waals surface area contributed by atoms with Crippen molar-refractivity contribution in [3.8, 4) is 0 Å². The van der Waals surface area contributed by atoms with E-state index in [0.29, 0.717) is 24.3 Å². The van der Waals surface area contributed by atoms with Crippen LogP contribution in [-0.4, -0.2) is 36.0 Å². The molecule has 2 heterocycles. The summed E-state index contributed by atoms with van der Waals surface area (Å²) in [6.07, 6.45) is 2.67. The van der Waals surface area contributed by atoms with Gasteiger partial charge >= 0.3 is 0 Å². The molecule has 2 amide bonds. The molecular formula is C15H23N3O3S. The first kappa shape index (κ1) is 16.9. The van der Waals surface area contributed by atoms with E-state index in [2.05, 4.69) is 36.4 Å². The lowest BCUT2D eigenvalue weighted by Gasteiger charge is -2.40. The van der Waals surface area contributed by atoms with Crippen LogP contribution in [0.1, 0.15) is 48.3 Å². The average Bonchev–Trinajstić information content (AvgIpc) is 2.89. The van der Waals surface area contributed by atoms with Gasteiger partial charge in [0, 0.05) is 13.5 Å². The lowest BCUT2D eigenvalue weighted by atomic mass is 9.78. The molecule has 1 aliphatic heterocycles. The molecule has 122 valence electrons. The Bertz CT molecular complexity index is 550. The summed E-state index contributed by atoms with van der Waals surface area (Å²) in [6, 6.07) is -0.151. The second-order valence-electron chi connectivity index (χ2n) is 6.58. The molecular weight excluding hydrogens is 302 g/mol. The van der Waals surface area contributed by atoms with Gasteiger partial charge in [-0.05, 0) is 11.8 Å². The summed E-state index contributed by atoms with van der Waals surface area (Å²) in [4.78, 5) is 28.8. The topological polar surface area (TPSA) is 80.3 Å². The molecule has 22 heavy (non-hydrogen) atoms. The molecule has 0 aliphatic carbocycles. The molecule has 0 spiro atoms. The summed E-state index contributed by atoms with van der Waals surface area (Å²) in [6.45, 7) is 6.59. The van der Waals surface area contributed by atoms with Crippen LogP contribution in [-0.2, 0) is 16.1 Å². The minimum absolute atomic E-state index is 0.0468. The first-order valence-electron chi connectivity index (χ1n) is 7.35. The minimum atomic E-state index is -0.143. The highest BCUT2D eigenvalue weighted by Crippen LogP contribution is 2.27. The summed E-state index contributed by atoms with van der Waals surface area (Å²) in [7, 11) is 1.60. The highest BCUT2D eigenvalue weighted by Gasteiger charge is 2.37. The smallest absolute Gasteiger partial charge is 0.263 e. The number of nitrogens with one attached hydrogen (secondary N) is 2. The zero-order chi connectivity index (χ0) is 16.3. The van der Waals surface area contributed by atoms with Gasteiger partial charge in [0.15, 0.2) is 0 Å². The van der Waals surface area contributed by atoms with E-state index in [1.165, 1.54) is 11.3 Å². The van der Waals surface area contributed by atoms with E-state index in [-0.39, 0.29) is 29.3 Å².